The maximum absolute atomic E-state index is 13.1. The summed E-state index contributed by atoms with van der Waals surface area (Å²) in [6.07, 6.45) is 7.91. The maximum Gasteiger partial charge on any atom is 0.262 e. The summed E-state index contributed by atoms with van der Waals surface area (Å²) in [5.74, 6) is -0.205. The van der Waals surface area contributed by atoms with Gasteiger partial charge in [0.1, 0.15) is 0 Å². The van der Waals surface area contributed by atoms with Gasteiger partial charge in [0.15, 0.2) is 0 Å². The normalized spacial score (nSPS) is 15.8. The first-order valence-corrected chi connectivity index (χ1v) is 12.3. The number of rotatable bonds is 5. The minimum Gasteiger partial charge on any atom is -0.349 e. The van der Waals surface area contributed by atoms with E-state index in [1.807, 2.05) is 26.0 Å². The molecule has 30 heavy (non-hydrogen) atoms. The number of hydrogen-bond donors (Lipinski definition) is 2. The van der Waals surface area contributed by atoms with Crippen molar-refractivity contribution in [1.82, 2.24) is 5.32 Å². The summed E-state index contributed by atoms with van der Waals surface area (Å²) in [6.45, 7) is 5.58. The highest BCUT2D eigenvalue weighted by molar-refractivity contribution is 7.92. The van der Waals surface area contributed by atoms with Crippen molar-refractivity contribution < 1.29 is 13.2 Å². The van der Waals surface area contributed by atoms with Crippen molar-refractivity contribution in [2.24, 2.45) is 0 Å². The number of aryl methyl sites for hydroxylation is 3. The Morgan fingerprint density at radius 2 is 1.53 bits per heavy atom. The molecule has 0 radical (unpaired) electrons. The van der Waals surface area contributed by atoms with Crippen LogP contribution in [0.4, 0.5) is 5.69 Å². The number of nitrogens with one attached hydrogen (secondary N) is 2. The molecule has 2 aromatic rings. The second-order valence-corrected chi connectivity index (χ2v) is 10.1. The summed E-state index contributed by atoms with van der Waals surface area (Å²) in [4.78, 5) is 13.0. The van der Waals surface area contributed by atoms with Crippen molar-refractivity contribution in [1.29, 1.82) is 0 Å². The fourth-order valence-electron chi connectivity index (χ4n) is 4.03. The Kier molecular flexibility index (Phi) is 7.19. The van der Waals surface area contributed by atoms with Gasteiger partial charge in [0.2, 0.25) is 0 Å². The molecule has 1 fully saturated rings. The molecule has 2 aromatic carbocycles. The lowest BCUT2D eigenvalue weighted by atomic mass is 9.96. The fraction of sp³-hybridized carbons (Fsp3) is 0.458. The molecule has 3 rings (SSSR count). The fourth-order valence-corrected chi connectivity index (χ4v) is 5.43. The number of benzene rings is 2. The molecule has 0 aliphatic heterocycles. The van der Waals surface area contributed by atoms with Crippen molar-refractivity contribution in [2.75, 3.05) is 4.72 Å². The Hall–Kier alpha value is -2.34. The highest BCUT2D eigenvalue weighted by atomic mass is 32.2. The third kappa shape index (κ3) is 5.63. The topological polar surface area (TPSA) is 75.3 Å². The highest BCUT2D eigenvalue weighted by Crippen LogP contribution is 2.24. The van der Waals surface area contributed by atoms with E-state index in [2.05, 4.69) is 10.0 Å². The van der Waals surface area contributed by atoms with Gasteiger partial charge in [-0.2, -0.15) is 0 Å². The molecule has 0 bridgehead atoms. The summed E-state index contributed by atoms with van der Waals surface area (Å²) in [5.41, 5.74) is 3.46. The molecular weight excluding hydrogens is 396 g/mol. The summed E-state index contributed by atoms with van der Waals surface area (Å²) in [6, 6.07) is 10.6. The third-order valence-electron chi connectivity index (χ3n) is 5.81. The molecule has 0 aromatic heterocycles. The first-order chi connectivity index (χ1) is 14.3. The number of carbonyl (C=O) groups is 1. The maximum atomic E-state index is 13.1. The summed E-state index contributed by atoms with van der Waals surface area (Å²) < 4.78 is 28.8. The molecule has 1 amide bonds. The Morgan fingerprint density at radius 1 is 0.867 bits per heavy atom. The average Bonchev–Trinajstić information content (AvgIpc) is 2.66. The monoisotopic (exact) mass is 428 g/mol. The minimum absolute atomic E-state index is 0.132. The molecule has 162 valence electrons. The molecule has 2 N–H and O–H groups in total. The molecule has 1 saturated carbocycles. The Labute approximate surface area is 180 Å². The lowest BCUT2D eigenvalue weighted by Gasteiger charge is -2.21. The number of amides is 1. The second kappa shape index (κ2) is 9.65. The van der Waals surface area contributed by atoms with Crippen LogP contribution in [0, 0.1) is 20.8 Å². The third-order valence-corrected chi connectivity index (χ3v) is 7.31. The lowest BCUT2D eigenvalue weighted by Crippen LogP contribution is -2.35. The summed E-state index contributed by atoms with van der Waals surface area (Å²) in [7, 11) is -3.81. The predicted molar refractivity (Wildman–Crippen MR) is 121 cm³/mol. The van der Waals surface area contributed by atoms with E-state index in [1.54, 1.807) is 25.1 Å². The average molecular weight is 429 g/mol. The van der Waals surface area contributed by atoms with Crippen molar-refractivity contribution in [3.8, 4) is 0 Å². The van der Waals surface area contributed by atoms with Crippen LogP contribution in [0.3, 0.4) is 0 Å². The van der Waals surface area contributed by atoms with Crippen LogP contribution in [0.15, 0.2) is 41.3 Å². The minimum atomic E-state index is -3.81. The van der Waals surface area contributed by atoms with Gasteiger partial charge < -0.3 is 5.32 Å². The number of sulfonamides is 1. The smallest absolute Gasteiger partial charge is 0.262 e. The zero-order valence-corrected chi connectivity index (χ0v) is 18.9. The van der Waals surface area contributed by atoms with Crippen LogP contribution in [-0.2, 0) is 10.0 Å². The highest BCUT2D eigenvalue weighted by Gasteiger charge is 2.21. The molecular formula is C24H32N2O3S. The zero-order valence-electron chi connectivity index (χ0n) is 18.1. The van der Waals surface area contributed by atoms with Gasteiger partial charge in [-0.05, 0) is 62.9 Å². The Morgan fingerprint density at radius 3 is 2.20 bits per heavy atom. The molecule has 0 atom stereocenters. The van der Waals surface area contributed by atoms with E-state index in [-0.39, 0.29) is 16.8 Å². The number of anilines is 1. The van der Waals surface area contributed by atoms with Crippen LogP contribution in [0.2, 0.25) is 0 Å². The second-order valence-electron chi connectivity index (χ2n) is 8.42. The van der Waals surface area contributed by atoms with Gasteiger partial charge >= 0.3 is 0 Å². The van der Waals surface area contributed by atoms with E-state index in [0.717, 1.165) is 36.8 Å². The summed E-state index contributed by atoms with van der Waals surface area (Å²) in [5, 5.41) is 3.11. The van der Waals surface area contributed by atoms with Gasteiger partial charge in [0.05, 0.1) is 10.6 Å². The Balaban J connectivity index is 1.80. The molecule has 5 nitrogen and oxygen atoms in total. The van der Waals surface area contributed by atoms with Crippen LogP contribution in [-0.4, -0.2) is 20.4 Å². The van der Waals surface area contributed by atoms with E-state index in [0.29, 0.717) is 16.8 Å². The number of hydrogen-bond acceptors (Lipinski definition) is 3. The number of carbonyl (C=O) groups excluding carboxylic acids is 1. The molecule has 0 spiro atoms. The molecule has 0 unspecified atom stereocenters. The SMILES string of the molecule is Cc1ccc(NS(=O)(=O)c2cc(C(=O)NC3CCCCCCC3)ccc2C)c(C)c1. The van der Waals surface area contributed by atoms with E-state index < -0.39 is 10.0 Å². The van der Waals surface area contributed by atoms with E-state index in [4.69, 9.17) is 0 Å². The molecule has 1 aliphatic carbocycles. The van der Waals surface area contributed by atoms with Crippen LogP contribution in [0.1, 0.15) is 72.0 Å². The molecule has 1 aliphatic rings. The van der Waals surface area contributed by atoms with Gasteiger partial charge in [-0.25, -0.2) is 8.42 Å². The van der Waals surface area contributed by atoms with Crippen LogP contribution >= 0.6 is 0 Å². The van der Waals surface area contributed by atoms with Crippen molar-refractivity contribution in [3.05, 3.63) is 58.7 Å². The quantitative estimate of drug-likeness (QED) is 0.682. The van der Waals surface area contributed by atoms with Gasteiger partial charge in [0.25, 0.3) is 15.9 Å². The first kappa shape index (κ1) is 22.3. The van der Waals surface area contributed by atoms with Crippen molar-refractivity contribution >= 4 is 21.6 Å². The summed E-state index contributed by atoms with van der Waals surface area (Å²) >= 11 is 0. The Bertz CT molecular complexity index is 1010. The van der Waals surface area contributed by atoms with Gasteiger partial charge in [-0.3, -0.25) is 9.52 Å². The van der Waals surface area contributed by atoms with Gasteiger partial charge in [-0.15, -0.1) is 0 Å². The van der Waals surface area contributed by atoms with Crippen molar-refractivity contribution in [3.63, 3.8) is 0 Å². The van der Waals surface area contributed by atoms with E-state index >= 15 is 0 Å². The first-order valence-electron chi connectivity index (χ1n) is 10.8. The molecule has 0 heterocycles. The predicted octanol–water partition coefficient (Wildman–Crippen LogP) is 5.26. The van der Waals surface area contributed by atoms with Gasteiger partial charge in [0, 0.05) is 11.6 Å². The largest absolute Gasteiger partial charge is 0.349 e. The van der Waals surface area contributed by atoms with Crippen LogP contribution < -0.4 is 10.0 Å². The van der Waals surface area contributed by atoms with Crippen LogP contribution in [0.25, 0.3) is 0 Å². The zero-order chi connectivity index (χ0) is 21.7. The van der Waals surface area contributed by atoms with Gasteiger partial charge in [-0.1, -0.05) is 55.9 Å². The van der Waals surface area contributed by atoms with Crippen molar-refractivity contribution in [2.45, 2.75) is 76.7 Å². The standard InChI is InChI=1S/C24H32N2O3S/c1-17-11-14-22(19(3)15-17)26-30(28,29)23-16-20(13-12-18(23)2)24(27)25-21-9-7-5-4-6-8-10-21/h11-16,21,26H,4-10H2,1-3H3,(H,25,27). The molecule has 6 heteroatoms. The molecule has 0 saturated heterocycles. The van der Waals surface area contributed by atoms with E-state index in [9.17, 15) is 13.2 Å². The van der Waals surface area contributed by atoms with E-state index in [1.165, 1.54) is 25.3 Å². The van der Waals surface area contributed by atoms with Crippen LogP contribution in [0.5, 0.6) is 0 Å². The lowest BCUT2D eigenvalue weighted by molar-refractivity contribution is 0.0930.